The highest BCUT2D eigenvalue weighted by molar-refractivity contribution is 5.85. The highest BCUT2D eigenvalue weighted by atomic mass is 35.5. The van der Waals surface area contributed by atoms with Crippen LogP contribution in [0.15, 0.2) is 30.3 Å². The van der Waals surface area contributed by atoms with Gasteiger partial charge in [-0.2, -0.15) is 0 Å². The van der Waals surface area contributed by atoms with Crippen LogP contribution in [0.5, 0.6) is 0 Å². The minimum absolute atomic E-state index is 0. The van der Waals surface area contributed by atoms with Gasteiger partial charge in [0.25, 0.3) is 0 Å². The van der Waals surface area contributed by atoms with Crippen molar-refractivity contribution in [2.24, 2.45) is 11.1 Å². The lowest BCUT2D eigenvalue weighted by Gasteiger charge is -2.24. The fraction of sp³-hybridized carbons (Fsp3) is 0.562. The molecule has 126 valence electrons. The molecule has 1 heterocycles. The van der Waals surface area contributed by atoms with Crippen LogP contribution in [0, 0.1) is 5.41 Å². The smallest absolute Gasteiger partial charge is 0.236 e. The summed E-state index contributed by atoms with van der Waals surface area (Å²) in [5, 5.41) is 0. The number of carbonyl (C=O) groups excluding carboxylic acids is 1. The van der Waals surface area contributed by atoms with Crippen LogP contribution < -0.4 is 5.73 Å². The van der Waals surface area contributed by atoms with E-state index in [0.29, 0.717) is 13.1 Å². The Balaban J connectivity index is 0.00000220. The molecule has 1 amide bonds. The summed E-state index contributed by atoms with van der Waals surface area (Å²) in [4.78, 5) is 16.3. The van der Waals surface area contributed by atoms with Gasteiger partial charge < -0.3 is 10.6 Å². The third kappa shape index (κ3) is 5.76. The molecule has 1 atom stereocenters. The van der Waals surface area contributed by atoms with Gasteiger partial charge in [-0.25, -0.2) is 0 Å². The highest BCUT2D eigenvalue weighted by Gasteiger charge is 2.34. The summed E-state index contributed by atoms with van der Waals surface area (Å²) < 4.78 is 0. The van der Waals surface area contributed by atoms with Crippen molar-refractivity contribution in [3.8, 4) is 0 Å². The maximum atomic E-state index is 12.3. The topological polar surface area (TPSA) is 49.6 Å². The summed E-state index contributed by atoms with van der Waals surface area (Å²) >= 11 is 0. The molecular weight excluding hydrogens is 321 g/mol. The standard InChI is InChI=1S/C16H25N3O.2ClH/c1-16(12-17)8-9-19(13-16)15(20)11-18(2)10-14-6-4-3-5-7-14;;/h3-7H,8-13,17H2,1-2H3;2*1H. The van der Waals surface area contributed by atoms with Gasteiger partial charge in [0.15, 0.2) is 0 Å². The number of benzene rings is 1. The monoisotopic (exact) mass is 347 g/mol. The van der Waals surface area contributed by atoms with Crippen molar-refractivity contribution in [3.63, 3.8) is 0 Å². The zero-order valence-electron chi connectivity index (χ0n) is 13.3. The number of likely N-dealkylation sites (N-methyl/N-ethyl adjacent to an activating group) is 1. The van der Waals surface area contributed by atoms with Gasteiger partial charge in [0, 0.05) is 19.6 Å². The predicted octanol–water partition coefficient (Wildman–Crippen LogP) is 2.16. The third-order valence-electron chi connectivity index (χ3n) is 4.10. The molecule has 0 aromatic heterocycles. The van der Waals surface area contributed by atoms with Crippen molar-refractivity contribution in [1.82, 2.24) is 9.80 Å². The number of hydrogen-bond acceptors (Lipinski definition) is 3. The zero-order valence-corrected chi connectivity index (χ0v) is 15.0. The van der Waals surface area contributed by atoms with Gasteiger partial charge in [-0.3, -0.25) is 9.69 Å². The zero-order chi connectivity index (χ0) is 14.6. The van der Waals surface area contributed by atoms with Crippen molar-refractivity contribution in [2.45, 2.75) is 19.9 Å². The Kier molecular flexibility index (Phi) is 9.01. The van der Waals surface area contributed by atoms with Crippen LogP contribution >= 0.6 is 24.8 Å². The molecule has 1 aromatic rings. The summed E-state index contributed by atoms with van der Waals surface area (Å²) in [7, 11) is 1.99. The number of hydrogen-bond donors (Lipinski definition) is 1. The summed E-state index contributed by atoms with van der Waals surface area (Å²) in [5.41, 5.74) is 7.12. The molecule has 2 rings (SSSR count). The first-order valence-electron chi connectivity index (χ1n) is 7.23. The first-order valence-corrected chi connectivity index (χ1v) is 7.23. The SMILES string of the molecule is CN(CC(=O)N1CCC(C)(CN)C1)Cc1ccccc1.Cl.Cl. The molecule has 22 heavy (non-hydrogen) atoms. The molecule has 0 bridgehead atoms. The lowest BCUT2D eigenvalue weighted by molar-refractivity contribution is -0.131. The summed E-state index contributed by atoms with van der Waals surface area (Å²) in [6.45, 7) is 5.71. The minimum atomic E-state index is 0. The molecule has 1 saturated heterocycles. The number of nitrogens with zero attached hydrogens (tertiary/aromatic N) is 2. The molecule has 0 spiro atoms. The summed E-state index contributed by atoms with van der Waals surface area (Å²) in [5.74, 6) is 0.209. The number of halogens is 2. The normalized spacial score (nSPS) is 20.5. The summed E-state index contributed by atoms with van der Waals surface area (Å²) in [6.07, 6.45) is 1.01. The van der Waals surface area contributed by atoms with E-state index in [9.17, 15) is 4.79 Å². The van der Waals surface area contributed by atoms with Crippen molar-refractivity contribution < 1.29 is 4.79 Å². The minimum Gasteiger partial charge on any atom is -0.341 e. The molecule has 1 unspecified atom stereocenters. The van der Waals surface area contributed by atoms with Crippen LogP contribution in [-0.2, 0) is 11.3 Å². The van der Waals surface area contributed by atoms with Crippen LogP contribution in [0.1, 0.15) is 18.9 Å². The van der Waals surface area contributed by atoms with Gasteiger partial charge in [-0.15, -0.1) is 24.8 Å². The molecule has 1 aromatic carbocycles. The molecule has 1 aliphatic rings. The summed E-state index contributed by atoms with van der Waals surface area (Å²) in [6, 6.07) is 10.2. The maximum Gasteiger partial charge on any atom is 0.236 e. The van der Waals surface area contributed by atoms with Gasteiger partial charge in [-0.1, -0.05) is 37.3 Å². The Morgan fingerprint density at radius 1 is 1.32 bits per heavy atom. The third-order valence-corrected chi connectivity index (χ3v) is 4.10. The molecular formula is C16H27Cl2N3O. The Hall–Kier alpha value is -0.810. The average molecular weight is 348 g/mol. The van der Waals surface area contributed by atoms with Crippen molar-refractivity contribution in [2.75, 3.05) is 33.2 Å². The second-order valence-corrected chi connectivity index (χ2v) is 6.24. The van der Waals surface area contributed by atoms with E-state index in [4.69, 9.17) is 5.73 Å². The second-order valence-electron chi connectivity index (χ2n) is 6.24. The molecule has 0 radical (unpaired) electrons. The number of amides is 1. The maximum absolute atomic E-state index is 12.3. The van der Waals surface area contributed by atoms with Crippen molar-refractivity contribution >= 4 is 30.7 Å². The van der Waals surface area contributed by atoms with Gasteiger partial charge >= 0.3 is 0 Å². The fourth-order valence-corrected chi connectivity index (χ4v) is 2.69. The van der Waals surface area contributed by atoms with Crippen molar-refractivity contribution in [3.05, 3.63) is 35.9 Å². The Labute approximate surface area is 145 Å². The van der Waals surface area contributed by atoms with Gasteiger partial charge in [0.1, 0.15) is 0 Å². The number of rotatable bonds is 5. The Bertz CT molecular complexity index is 458. The van der Waals surface area contributed by atoms with E-state index in [0.717, 1.165) is 26.1 Å². The molecule has 2 N–H and O–H groups in total. The first-order chi connectivity index (χ1) is 9.52. The number of likely N-dealkylation sites (tertiary alicyclic amines) is 1. The lowest BCUT2D eigenvalue weighted by atomic mass is 9.90. The quantitative estimate of drug-likeness (QED) is 0.887. The van der Waals surface area contributed by atoms with Crippen LogP contribution in [0.2, 0.25) is 0 Å². The Morgan fingerprint density at radius 2 is 1.95 bits per heavy atom. The van der Waals surface area contributed by atoms with Crippen LogP contribution in [-0.4, -0.2) is 48.9 Å². The van der Waals surface area contributed by atoms with Gasteiger partial charge in [-0.05, 0) is 31.0 Å². The van der Waals surface area contributed by atoms with E-state index < -0.39 is 0 Å². The predicted molar refractivity (Wildman–Crippen MR) is 95.6 cm³/mol. The molecule has 1 aliphatic heterocycles. The molecule has 6 heteroatoms. The van der Waals surface area contributed by atoms with Crippen molar-refractivity contribution in [1.29, 1.82) is 0 Å². The van der Waals surface area contributed by atoms with E-state index in [-0.39, 0.29) is 36.1 Å². The van der Waals surface area contributed by atoms with Crippen LogP contribution in [0.3, 0.4) is 0 Å². The molecule has 1 fully saturated rings. The van der Waals surface area contributed by atoms with Gasteiger partial charge in [0.2, 0.25) is 5.91 Å². The average Bonchev–Trinajstić information content (AvgIpc) is 2.83. The van der Waals surface area contributed by atoms with Crippen LogP contribution in [0.25, 0.3) is 0 Å². The van der Waals surface area contributed by atoms with E-state index in [1.807, 2.05) is 30.1 Å². The van der Waals surface area contributed by atoms with Crippen LogP contribution in [0.4, 0.5) is 0 Å². The Morgan fingerprint density at radius 3 is 2.50 bits per heavy atom. The van der Waals surface area contributed by atoms with E-state index in [2.05, 4.69) is 24.0 Å². The highest BCUT2D eigenvalue weighted by Crippen LogP contribution is 2.28. The van der Waals surface area contributed by atoms with Gasteiger partial charge in [0.05, 0.1) is 6.54 Å². The second kappa shape index (κ2) is 9.36. The number of nitrogens with two attached hydrogens (primary N) is 1. The lowest BCUT2D eigenvalue weighted by Crippen LogP contribution is -2.39. The van der Waals surface area contributed by atoms with E-state index in [1.165, 1.54) is 5.56 Å². The fourth-order valence-electron chi connectivity index (χ4n) is 2.69. The van der Waals surface area contributed by atoms with E-state index in [1.54, 1.807) is 0 Å². The largest absolute Gasteiger partial charge is 0.341 e. The number of carbonyl (C=O) groups is 1. The molecule has 0 saturated carbocycles. The van der Waals surface area contributed by atoms with E-state index >= 15 is 0 Å². The molecule has 0 aliphatic carbocycles. The molecule has 4 nitrogen and oxygen atoms in total. The first kappa shape index (κ1) is 21.2.